The fourth-order valence-electron chi connectivity index (χ4n) is 2.15. The summed E-state index contributed by atoms with van der Waals surface area (Å²) in [4.78, 5) is 10.1. The minimum absolute atomic E-state index is 0.172. The second kappa shape index (κ2) is 9.81. The van der Waals surface area contributed by atoms with E-state index < -0.39 is 18.1 Å². The Bertz CT molecular complexity index is 654. The lowest BCUT2D eigenvalue weighted by Crippen LogP contribution is -2.30. The molecule has 1 N–H and O–H groups in total. The van der Waals surface area contributed by atoms with Crippen molar-refractivity contribution in [2.75, 3.05) is 0 Å². The summed E-state index contributed by atoms with van der Waals surface area (Å²) in [6, 6.07) is 16.3. The van der Waals surface area contributed by atoms with Crippen molar-refractivity contribution in [3.63, 3.8) is 0 Å². The van der Waals surface area contributed by atoms with Gasteiger partial charge in [-0.25, -0.2) is 4.39 Å². The van der Waals surface area contributed by atoms with Gasteiger partial charge in [0.2, 0.25) is 0 Å². The summed E-state index contributed by atoms with van der Waals surface area (Å²) in [7, 11) is 0. The van der Waals surface area contributed by atoms with Gasteiger partial charge < -0.3 is 5.11 Å². The number of halogens is 4. The van der Waals surface area contributed by atoms with E-state index in [-0.39, 0.29) is 18.7 Å². The molecule has 0 radical (unpaired) electrons. The van der Waals surface area contributed by atoms with Crippen molar-refractivity contribution in [1.29, 1.82) is 0 Å². The summed E-state index contributed by atoms with van der Waals surface area (Å²) in [6.07, 6.45) is -4.08. The van der Waals surface area contributed by atoms with Gasteiger partial charge >= 0.3 is 12.1 Å². The topological polar surface area (TPSA) is 37.3 Å². The summed E-state index contributed by atoms with van der Waals surface area (Å²) in [5.74, 6) is -4.15. The Kier molecular flexibility index (Phi) is 8.11. The molecule has 0 saturated carbocycles. The minimum atomic E-state index is -4.61. The third kappa shape index (κ3) is 6.95. The van der Waals surface area contributed by atoms with Crippen molar-refractivity contribution in [3.05, 3.63) is 60.4 Å². The van der Waals surface area contributed by atoms with Gasteiger partial charge in [0.25, 0.3) is 0 Å². The summed E-state index contributed by atoms with van der Waals surface area (Å²) >= 11 is 0. The number of carboxylic acid groups (broad SMARTS) is 1. The number of unbranched alkanes of at least 4 members (excludes halogenated alkanes) is 1. The maximum atomic E-state index is 13.3. The summed E-state index contributed by atoms with van der Waals surface area (Å²) in [5.41, 5.74) is 1.57. The van der Waals surface area contributed by atoms with Gasteiger partial charge in [-0.15, -0.1) is 0 Å². The van der Waals surface area contributed by atoms with Crippen LogP contribution >= 0.6 is 0 Å². The fourth-order valence-corrected chi connectivity index (χ4v) is 2.15. The lowest BCUT2D eigenvalue weighted by atomic mass is 10.0. The highest BCUT2D eigenvalue weighted by atomic mass is 19.4. The number of benzene rings is 2. The Labute approximate surface area is 144 Å². The van der Waals surface area contributed by atoms with Gasteiger partial charge in [-0.1, -0.05) is 68.3 Å². The first-order chi connectivity index (χ1) is 11.8. The standard InChI is InChI=1S/C12H9F.C7H11F3O2/c13-12-9-5-4-8-11(12)10-6-2-1-3-7-10;1-2-3-4-5(6(11)12)7(8,9)10/h1-9H;5H,2-4H2,1H3,(H,11,12). The van der Waals surface area contributed by atoms with Crippen molar-refractivity contribution < 1.29 is 27.5 Å². The summed E-state index contributed by atoms with van der Waals surface area (Å²) in [6.45, 7) is 1.72. The molecule has 136 valence electrons. The SMILES string of the molecule is CCCCC(C(=O)O)C(F)(F)F.Fc1ccccc1-c1ccccc1. The van der Waals surface area contributed by atoms with Crippen molar-refractivity contribution in [3.8, 4) is 11.1 Å². The molecule has 0 aliphatic heterocycles. The van der Waals surface area contributed by atoms with E-state index in [1.807, 2.05) is 36.4 Å². The number of aliphatic carboxylic acids is 1. The first kappa shape index (κ1) is 20.7. The predicted molar refractivity (Wildman–Crippen MR) is 88.5 cm³/mol. The van der Waals surface area contributed by atoms with Crippen LogP contribution in [0.5, 0.6) is 0 Å². The molecule has 0 bridgehead atoms. The van der Waals surface area contributed by atoms with Crippen LogP contribution in [0.3, 0.4) is 0 Å². The molecule has 0 aromatic heterocycles. The van der Waals surface area contributed by atoms with Crippen molar-refractivity contribution >= 4 is 5.97 Å². The van der Waals surface area contributed by atoms with Crippen LogP contribution in [0.4, 0.5) is 17.6 Å². The van der Waals surface area contributed by atoms with E-state index in [4.69, 9.17) is 5.11 Å². The van der Waals surface area contributed by atoms with Gasteiger partial charge in [-0.05, 0) is 18.1 Å². The molecule has 0 heterocycles. The van der Waals surface area contributed by atoms with E-state index in [0.717, 1.165) is 5.56 Å². The highest BCUT2D eigenvalue weighted by Gasteiger charge is 2.44. The lowest BCUT2D eigenvalue weighted by molar-refractivity contribution is -0.194. The molecule has 2 aromatic rings. The van der Waals surface area contributed by atoms with Crippen LogP contribution in [-0.4, -0.2) is 17.3 Å². The average molecular weight is 356 g/mol. The predicted octanol–water partition coefficient (Wildman–Crippen LogP) is 5.93. The van der Waals surface area contributed by atoms with E-state index in [9.17, 15) is 22.4 Å². The molecule has 1 unspecified atom stereocenters. The smallest absolute Gasteiger partial charge is 0.402 e. The second-order valence-corrected chi connectivity index (χ2v) is 5.42. The first-order valence-electron chi connectivity index (χ1n) is 7.86. The van der Waals surface area contributed by atoms with Crippen molar-refractivity contribution in [2.45, 2.75) is 32.4 Å². The zero-order valence-electron chi connectivity index (χ0n) is 13.8. The molecule has 0 amide bonds. The summed E-state index contributed by atoms with van der Waals surface area (Å²) in [5, 5.41) is 8.22. The molecule has 2 aromatic carbocycles. The third-order valence-electron chi connectivity index (χ3n) is 3.50. The lowest BCUT2D eigenvalue weighted by Gasteiger charge is -2.14. The molecule has 25 heavy (non-hydrogen) atoms. The maximum Gasteiger partial charge on any atom is 0.402 e. The number of hydrogen-bond acceptors (Lipinski definition) is 1. The zero-order chi connectivity index (χ0) is 18.9. The molecule has 0 aliphatic rings. The Morgan fingerprint density at radius 2 is 1.60 bits per heavy atom. The van der Waals surface area contributed by atoms with Crippen LogP contribution < -0.4 is 0 Å². The van der Waals surface area contributed by atoms with Crippen LogP contribution in [-0.2, 0) is 4.79 Å². The van der Waals surface area contributed by atoms with Crippen molar-refractivity contribution in [1.82, 2.24) is 0 Å². The molecule has 1 atom stereocenters. The molecule has 0 aliphatic carbocycles. The first-order valence-corrected chi connectivity index (χ1v) is 7.86. The van der Waals surface area contributed by atoms with Crippen LogP contribution in [0.2, 0.25) is 0 Å². The fraction of sp³-hybridized carbons (Fsp3) is 0.316. The molecular weight excluding hydrogens is 336 g/mol. The normalized spacial score (nSPS) is 12.0. The Balaban J connectivity index is 0.000000252. The number of hydrogen-bond donors (Lipinski definition) is 1. The van der Waals surface area contributed by atoms with E-state index in [1.54, 1.807) is 19.1 Å². The molecule has 0 spiro atoms. The number of carboxylic acids is 1. The molecule has 6 heteroatoms. The van der Waals surface area contributed by atoms with Crippen LogP contribution in [0, 0.1) is 11.7 Å². The van der Waals surface area contributed by atoms with E-state index >= 15 is 0 Å². The van der Waals surface area contributed by atoms with Gasteiger partial charge in [0.15, 0.2) is 5.92 Å². The zero-order valence-corrected chi connectivity index (χ0v) is 13.8. The Hall–Kier alpha value is -2.37. The van der Waals surface area contributed by atoms with Gasteiger partial charge in [-0.3, -0.25) is 4.79 Å². The van der Waals surface area contributed by atoms with Crippen molar-refractivity contribution in [2.24, 2.45) is 5.92 Å². The second-order valence-electron chi connectivity index (χ2n) is 5.42. The number of rotatable bonds is 5. The van der Waals surface area contributed by atoms with Crippen LogP contribution in [0.25, 0.3) is 11.1 Å². The molecule has 0 fully saturated rings. The quantitative estimate of drug-likeness (QED) is 0.674. The monoisotopic (exact) mass is 356 g/mol. The molecular formula is C19H20F4O2. The van der Waals surface area contributed by atoms with Crippen LogP contribution in [0.15, 0.2) is 54.6 Å². The largest absolute Gasteiger partial charge is 0.481 e. The van der Waals surface area contributed by atoms with Gasteiger partial charge in [0.1, 0.15) is 5.82 Å². The summed E-state index contributed by atoms with van der Waals surface area (Å²) < 4.78 is 49.0. The number of carbonyl (C=O) groups is 1. The molecule has 2 rings (SSSR count). The molecule has 0 saturated heterocycles. The van der Waals surface area contributed by atoms with E-state index in [0.29, 0.717) is 12.0 Å². The Morgan fingerprint density at radius 1 is 1.04 bits per heavy atom. The van der Waals surface area contributed by atoms with E-state index in [1.165, 1.54) is 6.07 Å². The van der Waals surface area contributed by atoms with Gasteiger partial charge in [-0.2, -0.15) is 13.2 Å². The van der Waals surface area contributed by atoms with Gasteiger partial charge in [0, 0.05) is 5.56 Å². The molecule has 2 nitrogen and oxygen atoms in total. The third-order valence-corrected chi connectivity index (χ3v) is 3.50. The highest BCUT2D eigenvalue weighted by Crippen LogP contribution is 2.30. The van der Waals surface area contributed by atoms with E-state index in [2.05, 4.69) is 0 Å². The average Bonchev–Trinajstić information content (AvgIpc) is 2.55. The number of alkyl halides is 3. The minimum Gasteiger partial charge on any atom is -0.481 e. The Morgan fingerprint density at radius 3 is 2.08 bits per heavy atom. The van der Waals surface area contributed by atoms with Gasteiger partial charge in [0.05, 0.1) is 0 Å². The van der Waals surface area contributed by atoms with Crippen LogP contribution in [0.1, 0.15) is 26.2 Å². The highest BCUT2D eigenvalue weighted by molar-refractivity contribution is 5.70. The maximum absolute atomic E-state index is 13.3.